The van der Waals surface area contributed by atoms with E-state index in [2.05, 4.69) is 37.8 Å². The monoisotopic (exact) mass is 262 g/mol. The Morgan fingerprint density at radius 3 is 2.32 bits per heavy atom. The molecule has 0 aliphatic carbocycles. The number of nitrogens with two attached hydrogens (primary N) is 1. The van der Waals surface area contributed by atoms with Gasteiger partial charge >= 0.3 is 0 Å². The molecule has 1 aliphatic heterocycles. The van der Waals surface area contributed by atoms with Crippen molar-refractivity contribution in [2.24, 2.45) is 5.73 Å². The molecule has 2 unspecified atom stereocenters. The second kappa shape index (κ2) is 5.51. The molecule has 2 atom stereocenters. The third-order valence-corrected chi connectivity index (χ3v) is 4.26. The summed E-state index contributed by atoms with van der Waals surface area (Å²) >= 11 is 0. The molecule has 3 heteroatoms. The van der Waals surface area contributed by atoms with Crippen LogP contribution in [0.4, 0.5) is 0 Å². The summed E-state index contributed by atoms with van der Waals surface area (Å²) in [5.41, 5.74) is 7.78. The van der Waals surface area contributed by atoms with Gasteiger partial charge in [0.2, 0.25) is 0 Å². The van der Waals surface area contributed by atoms with E-state index in [0.29, 0.717) is 0 Å². The zero-order valence-electron chi connectivity index (χ0n) is 12.5. The number of nitrogens with zero attached hydrogens (tertiary/aromatic N) is 1. The summed E-state index contributed by atoms with van der Waals surface area (Å²) in [6, 6.07) is 8.72. The lowest BCUT2D eigenvalue weighted by Gasteiger charge is -2.40. The van der Waals surface area contributed by atoms with E-state index in [0.717, 1.165) is 12.3 Å². The largest absolute Gasteiger partial charge is 0.497 e. The maximum Gasteiger partial charge on any atom is 0.118 e. The van der Waals surface area contributed by atoms with Gasteiger partial charge in [0.1, 0.15) is 5.75 Å². The molecule has 0 aromatic heterocycles. The van der Waals surface area contributed by atoms with E-state index < -0.39 is 0 Å². The summed E-state index contributed by atoms with van der Waals surface area (Å²) in [6.07, 6.45) is 2.50. The third-order valence-electron chi connectivity index (χ3n) is 4.26. The molecule has 19 heavy (non-hydrogen) atoms. The average Bonchev–Trinajstić information content (AvgIpc) is 2.70. The molecule has 1 aliphatic rings. The van der Waals surface area contributed by atoms with Gasteiger partial charge in [-0.3, -0.25) is 4.90 Å². The molecule has 1 heterocycles. The lowest BCUT2D eigenvalue weighted by molar-refractivity contribution is 0.101. The Hall–Kier alpha value is -1.06. The van der Waals surface area contributed by atoms with Crippen LogP contribution in [0.2, 0.25) is 0 Å². The fourth-order valence-electron chi connectivity index (χ4n) is 3.21. The molecule has 1 fully saturated rings. The van der Waals surface area contributed by atoms with Crippen molar-refractivity contribution in [2.45, 2.75) is 51.2 Å². The van der Waals surface area contributed by atoms with Crippen molar-refractivity contribution in [1.29, 1.82) is 0 Å². The summed E-state index contributed by atoms with van der Waals surface area (Å²) in [6.45, 7) is 7.87. The van der Waals surface area contributed by atoms with Crippen molar-refractivity contribution in [3.63, 3.8) is 0 Å². The molecule has 2 N–H and O–H groups in total. The van der Waals surface area contributed by atoms with Gasteiger partial charge in [-0.25, -0.2) is 0 Å². The number of ether oxygens (including phenoxy) is 1. The van der Waals surface area contributed by atoms with Gasteiger partial charge in [-0.05, 0) is 57.9 Å². The zero-order chi connectivity index (χ0) is 14.0. The van der Waals surface area contributed by atoms with Crippen LogP contribution in [0.1, 0.15) is 45.2 Å². The number of hydrogen-bond donors (Lipinski definition) is 1. The first-order chi connectivity index (χ1) is 8.95. The fourth-order valence-corrected chi connectivity index (χ4v) is 3.21. The Morgan fingerprint density at radius 1 is 1.26 bits per heavy atom. The highest BCUT2D eigenvalue weighted by molar-refractivity contribution is 5.30. The zero-order valence-corrected chi connectivity index (χ0v) is 12.5. The van der Waals surface area contributed by atoms with Crippen molar-refractivity contribution in [3.8, 4) is 5.75 Å². The Bertz CT molecular complexity index is 411. The van der Waals surface area contributed by atoms with Crippen molar-refractivity contribution in [3.05, 3.63) is 29.8 Å². The molecular formula is C16H26N2O. The Balaban J connectivity index is 2.29. The van der Waals surface area contributed by atoms with Gasteiger partial charge < -0.3 is 10.5 Å². The molecule has 1 aromatic carbocycles. The minimum Gasteiger partial charge on any atom is -0.497 e. The van der Waals surface area contributed by atoms with E-state index >= 15 is 0 Å². The lowest BCUT2D eigenvalue weighted by atomic mass is 9.94. The highest BCUT2D eigenvalue weighted by Gasteiger charge is 2.38. The molecule has 0 saturated carbocycles. The van der Waals surface area contributed by atoms with Crippen molar-refractivity contribution in [2.75, 3.05) is 13.7 Å². The molecule has 1 saturated heterocycles. The maximum atomic E-state index is 6.27. The fraction of sp³-hybridized carbons (Fsp3) is 0.625. The third kappa shape index (κ3) is 2.93. The second-order valence-electron chi connectivity index (χ2n) is 6.19. The second-order valence-corrected chi connectivity index (χ2v) is 6.19. The van der Waals surface area contributed by atoms with Crippen LogP contribution >= 0.6 is 0 Å². The number of likely N-dealkylation sites (tertiary alicyclic amines) is 1. The highest BCUT2D eigenvalue weighted by atomic mass is 16.5. The van der Waals surface area contributed by atoms with E-state index in [1.165, 1.54) is 18.4 Å². The van der Waals surface area contributed by atoms with Crippen LogP contribution in [0.25, 0.3) is 0 Å². The normalized spacial score (nSPS) is 22.2. The van der Waals surface area contributed by atoms with E-state index in [9.17, 15) is 0 Å². The van der Waals surface area contributed by atoms with Gasteiger partial charge in [-0.1, -0.05) is 12.1 Å². The topological polar surface area (TPSA) is 38.5 Å². The number of rotatable bonds is 4. The first kappa shape index (κ1) is 14.4. The lowest BCUT2D eigenvalue weighted by Crippen LogP contribution is -2.47. The summed E-state index contributed by atoms with van der Waals surface area (Å²) in [5, 5.41) is 0. The highest BCUT2D eigenvalue weighted by Crippen LogP contribution is 2.38. The minimum absolute atomic E-state index is 0.116. The van der Waals surface area contributed by atoms with Crippen LogP contribution in [0.5, 0.6) is 5.75 Å². The molecular weight excluding hydrogens is 236 g/mol. The first-order valence-electron chi connectivity index (χ1n) is 7.12. The molecule has 0 amide bonds. The summed E-state index contributed by atoms with van der Waals surface area (Å²) in [5.74, 6) is 0.896. The smallest absolute Gasteiger partial charge is 0.118 e. The Kier molecular flexibility index (Phi) is 4.16. The molecule has 3 nitrogen and oxygen atoms in total. The van der Waals surface area contributed by atoms with E-state index in [1.807, 2.05) is 12.1 Å². The van der Waals surface area contributed by atoms with Crippen LogP contribution < -0.4 is 10.5 Å². The van der Waals surface area contributed by atoms with E-state index in [1.54, 1.807) is 7.11 Å². The average molecular weight is 262 g/mol. The summed E-state index contributed by atoms with van der Waals surface area (Å²) in [7, 11) is 1.70. The van der Waals surface area contributed by atoms with Crippen LogP contribution in [0, 0.1) is 0 Å². The van der Waals surface area contributed by atoms with Crippen LogP contribution in [0.3, 0.4) is 0 Å². The molecule has 2 rings (SSSR count). The molecule has 0 spiro atoms. The SMILES string of the molecule is COc1ccc(C(C(C)N)N2CCCC2(C)C)cc1. The van der Waals surface area contributed by atoms with Crippen molar-refractivity contribution in [1.82, 2.24) is 4.90 Å². The molecule has 0 radical (unpaired) electrons. The Labute approximate surface area is 116 Å². The predicted octanol–water partition coefficient (Wildman–Crippen LogP) is 2.96. The standard InChI is InChI=1S/C16H26N2O/c1-12(17)15(18-11-5-10-16(18,2)3)13-6-8-14(19-4)9-7-13/h6-9,12,15H,5,10-11,17H2,1-4H3. The quantitative estimate of drug-likeness (QED) is 0.906. The number of methoxy groups -OCH3 is 1. The summed E-state index contributed by atoms with van der Waals surface area (Å²) in [4.78, 5) is 2.56. The molecule has 0 bridgehead atoms. The molecule has 1 aromatic rings. The first-order valence-corrected chi connectivity index (χ1v) is 7.12. The van der Waals surface area contributed by atoms with Crippen LogP contribution in [-0.2, 0) is 0 Å². The number of benzene rings is 1. The Morgan fingerprint density at radius 2 is 1.89 bits per heavy atom. The van der Waals surface area contributed by atoms with Gasteiger partial charge in [0.05, 0.1) is 13.2 Å². The van der Waals surface area contributed by atoms with E-state index in [4.69, 9.17) is 10.5 Å². The van der Waals surface area contributed by atoms with E-state index in [-0.39, 0.29) is 17.6 Å². The summed E-state index contributed by atoms with van der Waals surface area (Å²) < 4.78 is 5.23. The van der Waals surface area contributed by atoms with Crippen molar-refractivity contribution >= 4 is 0 Å². The molecule has 106 valence electrons. The predicted molar refractivity (Wildman–Crippen MR) is 79.4 cm³/mol. The van der Waals surface area contributed by atoms with Crippen LogP contribution in [0.15, 0.2) is 24.3 Å². The maximum absolute atomic E-state index is 6.27. The van der Waals surface area contributed by atoms with Crippen LogP contribution in [-0.4, -0.2) is 30.1 Å². The van der Waals surface area contributed by atoms with Gasteiger partial charge in [0, 0.05) is 11.6 Å². The van der Waals surface area contributed by atoms with Gasteiger partial charge in [-0.15, -0.1) is 0 Å². The minimum atomic E-state index is 0.116. The van der Waals surface area contributed by atoms with Gasteiger partial charge in [-0.2, -0.15) is 0 Å². The number of hydrogen-bond acceptors (Lipinski definition) is 3. The van der Waals surface area contributed by atoms with Gasteiger partial charge in [0.25, 0.3) is 0 Å². The van der Waals surface area contributed by atoms with Gasteiger partial charge in [0.15, 0.2) is 0 Å². The van der Waals surface area contributed by atoms with Crippen molar-refractivity contribution < 1.29 is 4.74 Å².